The van der Waals surface area contributed by atoms with E-state index in [-0.39, 0.29) is 5.41 Å². The zero-order chi connectivity index (χ0) is 13.5. The first kappa shape index (κ1) is 13.2. The van der Waals surface area contributed by atoms with Crippen molar-refractivity contribution < 1.29 is 0 Å². The van der Waals surface area contributed by atoms with Gasteiger partial charge in [-0.2, -0.15) is 0 Å². The number of hydrogen-bond acceptors (Lipinski definition) is 1. The molecule has 0 bridgehead atoms. The van der Waals surface area contributed by atoms with Crippen LogP contribution in [0.5, 0.6) is 0 Å². The molecule has 2 rings (SSSR count). The van der Waals surface area contributed by atoms with E-state index in [9.17, 15) is 0 Å². The number of fused-ring (bicyclic) bond motifs is 1. The van der Waals surface area contributed by atoms with Gasteiger partial charge in [0.2, 0.25) is 0 Å². The summed E-state index contributed by atoms with van der Waals surface area (Å²) in [5, 5.41) is 4.71. The minimum atomic E-state index is 0.136. The fourth-order valence-electron chi connectivity index (χ4n) is 3.23. The highest BCUT2D eigenvalue weighted by Crippen LogP contribution is 2.35. The standard InChI is InChI=1S/C16H24N2/c1-10-7-11(2)14-13(8-10)18-12(3)15(14)16(4,5)9-17-6/h7-8,17-18H,9H2,1-6H3. The van der Waals surface area contributed by atoms with Crippen molar-refractivity contribution in [1.82, 2.24) is 10.3 Å². The minimum Gasteiger partial charge on any atom is -0.358 e. The lowest BCUT2D eigenvalue weighted by molar-refractivity contribution is 0.495. The highest BCUT2D eigenvalue weighted by molar-refractivity contribution is 5.89. The van der Waals surface area contributed by atoms with E-state index in [0.717, 1.165) is 6.54 Å². The predicted molar refractivity (Wildman–Crippen MR) is 79.5 cm³/mol. The fourth-order valence-corrected chi connectivity index (χ4v) is 3.23. The maximum atomic E-state index is 3.55. The lowest BCUT2D eigenvalue weighted by atomic mass is 9.81. The number of nitrogens with one attached hydrogen (secondary N) is 2. The number of benzene rings is 1. The quantitative estimate of drug-likeness (QED) is 0.848. The van der Waals surface area contributed by atoms with Crippen molar-refractivity contribution >= 4 is 10.9 Å². The highest BCUT2D eigenvalue weighted by atomic mass is 14.8. The van der Waals surface area contributed by atoms with E-state index in [1.165, 1.54) is 33.3 Å². The van der Waals surface area contributed by atoms with Gasteiger partial charge < -0.3 is 10.3 Å². The second-order valence-electron chi connectivity index (χ2n) is 6.04. The Morgan fingerprint density at radius 3 is 2.44 bits per heavy atom. The molecular formula is C16H24N2. The average Bonchev–Trinajstić information content (AvgIpc) is 2.54. The van der Waals surface area contributed by atoms with Crippen molar-refractivity contribution in [3.05, 3.63) is 34.5 Å². The van der Waals surface area contributed by atoms with Crippen LogP contribution in [0.3, 0.4) is 0 Å². The predicted octanol–water partition coefficient (Wildman–Crippen LogP) is 3.59. The first-order chi connectivity index (χ1) is 8.36. The van der Waals surface area contributed by atoms with Gasteiger partial charge in [-0.05, 0) is 50.6 Å². The van der Waals surface area contributed by atoms with Crippen molar-refractivity contribution in [2.45, 2.75) is 40.0 Å². The maximum absolute atomic E-state index is 3.55. The molecule has 1 heterocycles. The summed E-state index contributed by atoms with van der Waals surface area (Å²) in [5.74, 6) is 0. The molecule has 18 heavy (non-hydrogen) atoms. The molecule has 0 saturated heterocycles. The molecule has 0 radical (unpaired) electrons. The topological polar surface area (TPSA) is 27.8 Å². The lowest BCUT2D eigenvalue weighted by Crippen LogP contribution is -2.31. The maximum Gasteiger partial charge on any atom is 0.0464 e. The molecular weight excluding hydrogens is 220 g/mol. The van der Waals surface area contributed by atoms with Crippen molar-refractivity contribution in [2.24, 2.45) is 0 Å². The summed E-state index contributed by atoms with van der Waals surface area (Å²) in [6, 6.07) is 4.52. The minimum absolute atomic E-state index is 0.136. The van der Waals surface area contributed by atoms with Gasteiger partial charge >= 0.3 is 0 Å². The number of H-pyrrole nitrogens is 1. The van der Waals surface area contributed by atoms with Crippen LogP contribution in [0.2, 0.25) is 0 Å². The molecule has 0 amide bonds. The Hall–Kier alpha value is -1.28. The van der Waals surface area contributed by atoms with E-state index >= 15 is 0 Å². The van der Waals surface area contributed by atoms with Gasteiger partial charge in [0.25, 0.3) is 0 Å². The number of likely N-dealkylation sites (N-methyl/N-ethyl adjacent to an activating group) is 1. The molecule has 0 aliphatic heterocycles. The van der Waals surface area contributed by atoms with Crippen LogP contribution in [0.15, 0.2) is 12.1 Å². The third-order valence-corrected chi connectivity index (χ3v) is 3.72. The summed E-state index contributed by atoms with van der Waals surface area (Å²) in [6.45, 7) is 12.1. The second kappa shape index (κ2) is 4.43. The molecule has 0 fully saturated rings. The Labute approximate surface area is 110 Å². The molecule has 2 N–H and O–H groups in total. The Morgan fingerprint density at radius 1 is 1.17 bits per heavy atom. The summed E-state index contributed by atoms with van der Waals surface area (Å²) in [4.78, 5) is 3.55. The van der Waals surface area contributed by atoms with Gasteiger partial charge in [-0.3, -0.25) is 0 Å². The number of aromatic amines is 1. The van der Waals surface area contributed by atoms with Gasteiger partial charge in [-0.1, -0.05) is 19.9 Å². The first-order valence-corrected chi connectivity index (χ1v) is 6.61. The molecule has 1 aromatic heterocycles. The van der Waals surface area contributed by atoms with Gasteiger partial charge in [0.05, 0.1) is 0 Å². The van der Waals surface area contributed by atoms with E-state index in [0.29, 0.717) is 0 Å². The highest BCUT2D eigenvalue weighted by Gasteiger charge is 2.26. The molecule has 0 unspecified atom stereocenters. The Balaban J connectivity index is 2.75. The van der Waals surface area contributed by atoms with Gasteiger partial charge in [0.1, 0.15) is 0 Å². The summed E-state index contributed by atoms with van der Waals surface area (Å²) in [7, 11) is 2.02. The number of aryl methyl sites for hydroxylation is 3. The molecule has 2 aromatic rings. The van der Waals surface area contributed by atoms with Crippen molar-refractivity contribution in [3.63, 3.8) is 0 Å². The van der Waals surface area contributed by atoms with Crippen molar-refractivity contribution in [1.29, 1.82) is 0 Å². The third kappa shape index (κ3) is 2.05. The zero-order valence-corrected chi connectivity index (χ0v) is 12.4. The van der Waals surface area contributed by atoms with Crippen LogP contribution in [-0.2, 0) is 5.41 Å². The molecule has 0 saturated carbocycles. The SMILES string of the molecule is CNCC(C)(C)c1c(C)[nH]c2cc(C)cc(C)c12. The first-order valence-electron chi connectivity index (χ1n) is 6.61. The van der Waals surface area contributed by atoms with Crippen LogP contribution < -0.4 is 5.32 Å². The lowest BCUT2D eigenvalue weighted by Gasteiger charge is -2.26. The van der Waals surface area contributed by atoms with E-state index in [1.807, 2.05) is 7.05 Å². The number of hydrogen-bond donors (Lipinski definition) is 2. The Morgan fingerprint density at radius 2 is 1.83 bits per heavy atom. The summed E-state index contributed by atoms with van der Waals surface area (Å²) in [5.41, 5.74) is 6.83. The summed E-state index contributed by atoms with van der Waals surface area (Å²) in [6.07, 6.45) is 0. The van der Waals surface area contributed by atoms with Crippen LogP contribution in [-0.4, -0.2) is 18.6 Å². The number of rotatable bonds is 3. The molecule has 2 heteroatoms. The smallest absolute Gasteiger partial charge is 0.0464 e. The Bertz CT molecular complexity index is 576. The second-order valence-corrected chi connectivity index (χ2v) is 6.04. The van der Waals surface area contributed by atoms with Crippen LogP contribution >= 0.6 is 0 Å². The summed E-state index contributed by atoms with van der Waals surface area (Å²) >= 11 is 0. The largest absolute Gasteiger partial charge is 0.358 e. The van der Waals surface area contributed by atoms with Crippen molar-refractivity contribution in [2.75, 3.05) is 13.6 Å². The normalized spacial score (nSPS) is 12.3. The van der Waals surface area contributed by atoms with Crippen LogP contribution in [0, 0.1) is 20.8 Å². The van der Waals surface area contributed by atoms with Crippen LogP contribution in [0.25, 0.3) is 10.9 Å². The summed E-state index contributed by atoms with van der Waals surface area (Å²) < 4.78 is 0. The Kier molecular flexibility index (Phi) is 3.24. The van der Waals surface area contributed by atoms with Gasteiger partial charge in [-0.25, -0.2) is 0 Å². The van der Waals surface area contributed by atoms with Crippen LogP contribution in [0.4, 0.5) is 0 Å². The van der Waals surface area contributed by atoms with Gasteiger partial charge in [0, 0.05) is 28.6 Å². The molecule has 1 aromatic carbocycles. The monoisotopic (exact) mass is 244 g/mol. The number of aromatic nitrogens is 1. The zero-order valence-electron chi connectivity index (χ0n) is 12.4. The molecule has 2 nitrogen and oxygen atoms in total. The van der Waals surface area contributed by atoms with E-state index in [2.05, 4.69) is 57.1 Å². The molecule has 0 spiro atoms. The molecule has 98 valence electrons. The van der Waals surface area contributed by atoms with Crippen molar-refractivity contribution in [3.8, 4) is 0 Å². The van der Waals surface area contributed by atoms with E-state index in [4.69, 9.17) is 0 Å². The average molecular weight is 244 g/mol. The van der Waals surface area contributed by atoms with E-state index < -0.39 is 0 Å². The van der Waals surface area contributed by atoms with E-state index in [1.54, 1.807) is 0 Å². The van der Waals surface area contributed by atoms with Crippen LogP contribution in [0.1, 0.15) is 36.2 Å². The van der Waals surface area contributed by atoms with Gasteiger partial charge in [-0.15, -0.1) is 0 Å². The molecule has 0 aliphatic rings. The third-order valence-electron chi connectivity index (χ3n) is 3.72. The van der Waals surface area contributed by atoms with Gasteiger partial charge in [0.15, 0.2) is 0 Å². The fraction of sp³-hybridized carbons (Fsp3) is 0.500. The molecule has 0 atom stereocenters. The molecule has 0 aliphatic carbocycles.